The van der Waals surface area contributed by atoms with E-state index in [1.165, 1.54) is 6.20 Å². The van der Waals surface area contributed by atoms with Gasteiger partial charge in [0, 0.05) is 18.3 Å². The second kappa shape index (κ2) is 5.73. The van der Waals surface area contributed by atoms with Crippen LogP contribution in [0.4, 0.5) is 10.2 Å². The molecule has 0 bridgehead atoms. The molecule has 5 heteroatoms. The van der Waals surface area contributed by atoms with E-state index in [9.17, 15) is 4.39 Å². The molecule has 100 valence electrons. The lowest BCUT2D eigenvalue weighted by atomic mass is 10.0. The molecule has 2 aromatic rings. The Bertz CT molecular complexity index is 584. The maximum absolute atomic E-state index is 13.7. The van der Waals surface area contributed by atoms with Gasteiger partial charge in [-0.2, -0.15) is 0 Å². The lowest BCUT2D eigenvalue weighted by molar-refractivity contribution is 0.624. The molecule has 2 heterocycles. The zero-order valence-electron chi connectivity index (χ0n) is 11.4. The maximum atomic E-state index is 13.7. The van der Waals surface area contributed by atoms with Gasteiger partial charge in [0.25, 0.3) is 0 Å². The van der Waals surface area contributed by atoms with Crippen molar-refractivity contribution in [2.45, 2.75) is 27.2 Å². The molecule has 2 aromatic heterocycles. The van der Waals surface area contributed by atoms with Crippen molar-refractivity contribution in [1.29, 1.82) is 0 Å². The van der Waals surface area contributed by atoms with E-state index in [4.69, 9.17) is 0 Å². The van der Waals surface area contributed by atoms with Crippen molar-refractivity contribution >= 4 is 5.82 Å². The summed E-state index contributed by atoms with van der Waals surface area (Å²) in [6.07, 6.45) is 3.76. The monoisotopic (exact) mass is 260 g/mol. The molecule has 0 aliphatic rings. The second-order valence-electron chi connectivity index (χ2n) is 4.43. The predicted octanol–water partition coefficient (Wildman–Crippen LogP) is 3.12. The highest BCUT2D eigenvalue weighted by Gasteiger charge is 2.14. The van der Waals surface area contributed by atoms with E-state index in [1.54, 1.807) is 12.3 Å². The summed E-state index contributed by atoms with van der Waals surface area (Å²) in [5, 5.41) is 11.5. The van der Waals surface area contributed by atoms with E-state index in [-0.39, 0.29) is 5.82 Å². The first kappa shape index (κ1) is 13.4. The number of halogens is 1. The quantitative estimate of drug-likeness (QED) is 0.917. The zero-order valence-corrected chi connectivity index (χ0v) is 11.4. The highest BCUT2D eigenvalue weighted by molar-refractivity contribution is 5.66. The lowest BCUT2D eigenvalue weighted by Gasteiger charge is -2.12. The van der Waals surface area contributed by atoms with E-state index < -0.39 is 0 Å². The van der Waals surface area contributed by atoms with Crippen molar-refractivity contribution in [3.05, 3.63) is 35.4 Å². The van der Waals surface area contributed by atoms with Gasteiger partial charge < -0.3 is 5.32 Å². The summed E-state index contributed by atoms with van der Waals surface area (Å²) in [5.74, 6) is 0.381. The summed E-state index contributed by atoms with van der Waals surface area (Å²) in [5.41, 5.74) is 2.93. The molecule has 0 spiro atoms. The first-order chi connectivity index (χ1) is 9.15. The topological polar surface area (TPSA) is 50.7 Å². The van der Waals surface area contributed by atoms with Crippen LogP contribution in [-0.4, -0.2) is 21.7 Å². The smallest absolute Gasteiger partial charge is 0.151 e. The van der Waals surface area contributed by atoms with Crippen molar-refractivity contribution in [3.8, 4) is 11.3 Å². The number of anilines is 1. The van der Waals surface area contributed by atoms with Gasteiger partial charge >= 0.3 is 0 Å². The van der Waals surface area contributed by atoms with Gasteiger partial charge in [-0.05, 0) is 37.5 Å². The Kier molecular flexibility index (Phi) is 4.04. The Morgan fingerprint density at radius 3 is 2.68 bits per heavy atom. The van der Waals surface area contributed by atoms with Gasteiger partial charge in [-0.1, -0.05) is 6.92 Å². The zero-order chi connectivity index (χ0) is 13.8. The minimum absolute atomic E-state index is 0.381. The molecule has 0 radical (unpaired) electrons. The van der Waals surface area contributed by atoms with Gasteiger partial charge in [-0.25, -0.2) is 4.39 Å². The summed E-state index contributed by atoms with van der Waals surface area (Å²) in [6, 6.07) is 1.62. The number of hydrogen-bond acceptors (Lipinski definition) is 4. The van der Waals surface area contributed by atoms with Crippen molar-refractivity contribution in [1.82, 2.24) is 15.2 Å². The second-order valence-corrected chi connectivity index (χ2v) is 4.43. The average Bonchev–Trinajstić information content (AvgIpc) is 2.42. The first-order valence-corrected chi connectivity index (χ1v) is 6.32. The molecular weight excluding hydrogens is 243 g/mol. The summed E-state index contributed by atoms with van der Waals surface area (Å²) < 4.78 is 13.7. The SMILES string of the molecule is CCCNc1nnc(-c2ccncc2F)c(C)c1C. The van der Waals surface area contributed by atoms with Gasteiger partial charge in [0.1, 0.15) is 0 Å². The van der Waals surface area contributed by atoms with Crippen LogP contribution in [0.1, 0.15) is 24.5 Å². The van der Waals surface area contributed by atoms with Crippen LogP contribution in [0.25, 0.3) is 11.3 Å². The Labute approximate surface area is 112 Å². The van der Waals surface area contributed by atoms with E-state index >= 15 is 0 Å². The molecule has 19 heavy (non-hydrogen) atoms. The standard InChI is InChI=1S/C14H17FN4/c1-4-6-17-14-10(3)9(2)13(18-19-14)11-5-7-16-8-12(11)15/h5,7-8H,4,6H2,1-3H3,(H,17,19). The van der Waals surface area contributed by atoms with Crippen LogP contribution in [0.15, 0.2) is 18.5 Å². The van der Waals surface area contributed by atoms with Crippen LogP contribution < -0.4 is 5.32 Å². The third kappa shape index (κ3) is 2.70. The highest BCUT2D eigenvalue weighted by Crippen LogP contribution is 2.27. The van der Waals surface area contributed by atoms with Crippen LogP contribution in [0.2, 0.25) is 0 Å². The Morgan fingerprint density at radius 2 is 2.00 bits per heavy atom. The van der Waals surface area contributed by atoms with E-state index in [0.29, 0.717) is 11.3 Å². The molecule has 1 N–H and O–H groups in total. The molecule has 0 amide bonds. The number of hydrogen-bond donors (Lipinski definition) is 1. The summed E-state index contributed by atoms with van der Waals surface area (Å²) in [6.45, 7) is 6.82. The summed E-state index contributed by atoms with van der Waals surface area (Å²) in [4.78, 5) is 3.75. The summed E-state index contributed by atoms with van der Waals surface area (Å²) in [7, 11) is 0. The third-order valence-corrected chi connectivity index (χ3v) is 3.09. The van der Waals surface area contributed by atoms with E-state index in [0.717, 1.165) is 29.9 Å². The Hall–Kier alpha value is -2.04. The predicted molar refractivity (Wildman–Crippen MR) is 73.5 cm³/mol. The number of nitrogens with zero attached hydrogens (tertiary/aromatic N) is 3. The van der Waals surface area contributed by atoms with Crippen molar-refractivity contribution in [2.24, 2.45) is 0 Å². The van der Waals surface area contributed by atoms with Crippen molar-refractivity contribution < 1.29 is 4.39 Å². The first-order valence-electron chi connectivity index (χ1n) is 6.32. The Morgan fingerprint density at radius 1 is 1.21 bits per heavy atom. The molecule has 0 saturated heterocycles. The molecule has 4 nitrogen and oxygen atoms in total. The van der Waals surface area contributed by atoms with Gasteiger partial charge in [0.2, 0.25) is 0 Å². The van der Waals surface area contributed by atoms with E-state index in [1.807, 2.05) is 13.8 Å². The fraction of sp³-hybridized carbons (Fsp3) is 0.357. The van der Waals surface area contributed by atoms with E-state index in [2.05, 4.69) is 27.4 Å². The van der Waals surface area contributed by atoms with Gasteiger partial charge in [-0.15, -0.1) is 10.2 Å². The summed E-state index contributed by atoms with van der Waals surface area (Å²) >= 11 is 0. The largest absolute Gasteiger partial charge is 0.368 e. The molecule has 0 aromatic carbocycles. The molecule has 0 aliphatic carbocycles. The molecule has 0 aliphatic heterocycles. The lowest BCUT2D eigenvalue weighted by Crippen LogP contribution is -2.08. The Balaban J connectivity index is 2.44. The molecule has 0 atom stereocenters. The molecule has 0 saturated carbocycles. The van der Waals surface area contributed by atoms with Gasteiger partial charge in [-0.3, -0.25) is 4.98 Å². The molecular formula is C14H17FN4. The van der Waals surface area contributed by atoms with Crippen LogP contribution in [0, 0.1) is 19.7 Å². The van der Waals surface area contributed by atoms with Gasteiger partial charge in [0.15, 0.2) is 11.6 Å². The number of pyridine rings is 1. The highest BCUT2D eigenvalue weighted by atomic mass is 19.1. The normalized spacial score (nSPS) is 10.5. The van der Waals surface area contributed by atoms with Crippen LogP contribution >= 0.6 is 0 Å². The number of aromatic nitrogens is 3. The minimum atomic E-state index is -0.381. The number of nitrogens with one attached hydrogen (secondary N) is 1. The third-order valence-electron chi connectivity index (χ3n) is 3.09. The maximum Gasteiger partial charge on any atom is 0.151 e. The molecule has 0 unspecified atom stereocenters. The fourth-order valence-electron chi connectivity index (χ4n) is 1.84. The van der Waals surface area contributed by atoms with Crippen molar-refractivity contribution in [2.75, 3.05) is 11.9 Å². The van der Waals surface area contributed by atoms with Gasteiger partial charge in [0.05, 0.1) is 11.9 Å². The molecule has 2 rings (SSSR count). The van der Waals surface area contributed by atoms with Crippen LogP contribution in [-0.2, 0) is 0 Å². The van der Waals surface area contributed by atoms with Crippen molar-refractivity contribution in [3.63, 3.8) is 0 Å². The fourth-order valence-corrected chi connectivity index (χ4v) is 1.84. The van der Waals surface area contributed by atoms with Crippen LogP contribution in [0.3, 0.4) is 0 Å². The molecule has 0 fully saturated rings. The average molecular weight is 260 g/mol. The van der Waals surface area contributed by atoms with Crippen LogP contribution in [0.5, 0.6) is 0 Å². The number of rotatable bonds is 4. The minimum Gasteiger partial charge on any atom is -0.368 e.